The number of aliphatic hydroxyl groups excluding tert-OH is 1. The molecule has 1 aromatic carbocycles. The van der Waals surface area contributed by atoms with Crippen LogP contribution in [0, 0.1) is 5.92 Å². The number of nitrogens with zero attached hydrogens (tertiary/aromatic N) is 1. The number of urea groups is 1. The Hall–Kier alpha value is -2.81. The lowest BCUT2D eigenvalue weighted by Crippen LogP contribution is -2.44. The van der Waals surface area contributed by atoms with Gasteiger partial charge in [-0.25, -0.2) is 4.79 Å². The third kappa shape index (κ3) is 5.38. The van der Waals surface area contributed by atoms with Crippen LogP contribution >= 0.6 is 0 Å². The number of hydrogen-bond acceptors (Lipinski definition) is 6. The second-order valence-electron chi connectivity index (χ2n) is 7.06. The molecular formula is C20H29N3O6. The first-order valence-corrected chi connectivity index (χ1v) is 9.57. The lowest BCUT2D eigenvalue weighted by molar-refractivity contribution is -0.131. The molecule has 9 nitrogen and oxygen atoms in total. The van der Waals surface area contributed by atoms with Gasteiger partial charge in [0, 0.05) is 0 Å². The predicted octanol–water partition coefficient (Wildman–Crippen LogP) is 1.04. The number of carbonyl (C=O) groups is 3. The summed E-state index contributed by atoms with van der Waals surface area (Å²) in [6.07, 6.45) is 0.615. The molecule has 0 aromatic heterocycles. The van der Waals surface area contributed by atoms with Gasteiger partial charge in [-0.1, -0.05) is 26.3 Å². The standard InChI is InChI=1S/C20H29N3O6/c1-5-12(2)15(11-24)21-18(25)9-14-19(26)23(20(27)22-14)10-13-6-7-16(28-3)17(8-13)29-4/h6-8,12,14-15,24H,5,9-11H2,1-4H3,(H,21,25)(H,22,27)/t12-,14?,15-/m1/s1. The highest BCUT2D eigenvalue weighted by molar-refractivity contribution is 6.05. The Morgan fingerprint density at radius 3 is 2.55 bits per heavy atom. The normalized spacial score (nSPS) is 18.2. The molecule has 2 rings (SSSR count). The van der Waals surface area contributed by atoms with Crippen LogP contribution < -0.4 is 20.1 Å². The Bertz CT molecular complexity index is 754. The van der Waals surface area contributed by atoms with E-state index in [1.54, 1.807) is 18.2 Å². The average molecular weight is 407 g/mol. The molecule has 1 aliphatic heterocycles. The summed E-state index contributed by atoms with van der Waals surface area (Å²) in [5, 5.41) is 14.7. The van der Waals surface area contributed by atoms with Gasteiger partial charge in [0.15, 0.2) is 11.5 Å². The SMILES string of the molecule is CC[C@@H](C)[C@@H](CO)NC(=O)CC1NC(=O)N(Cc2ccc(OC)c(OC)c2)C1=O. The van der Waals surface area contributed by atoms with Crippen LogP contribution in [0.4, 0.5) is 4.79 Å². The van der Waals surface area contributed by atoms with Crippen LogP contribution in [0.25, 0.3) is 0 Å². The summed E-state index contributed by atoms with van der Waals surface area (Å²) < 4.78 is 10.4. The Kier molecular flexibility index (Phi) is 7.83. The zero-order valence-electron chi connectivity index (χ0n) is 17.2. The summed E-state index contributed by atoms with van der Waals surface area (Å²) >= 11 is 0. The largest absolute Gasteiger partial charge is 0.493 e. The smallest absolute Gasteiger partial charge is 0.325 e. The number of hydrogen-bond donors (Lipinski definition) is 3. The quantitative estimate of drug-likeness (QED) is 0.499. The van der Waals surface area contributed by atoms with Crippen molar-refractivity contribution >= 4 is 17.8 Å². The second kappa shape index (κ2) is 10.1. The number of carbonyl (C=O) groups excluding carboxylic acids is 3. The van der Waals surface area contributed by atoms with Gasteiger partial charge >= 0.3 is 6.03 Å². The summed E-state index contributed by atoms with van der Waals surface area (Å²) in [5.74, 6) is 0.273. The number of imide groups is 1. The molecule has 1 saturated heterocycles. The van der Waals surface area contributed by atoms with E-state index in [1.165, 1.54) is 14.2 Å². The summed E-state index contributed by atoms with van der Waals surface area (Å²) in [6.45, 7) is 3.76. The van der Waals surface area contributed by atoms with Gasteiger partial charge in [0.2, 0.25) is 5.91 Å². The molecule has 1 aromatic rings. The number of methoxy groups -OCH3 is 2. The first kappa shape index (κ1) is 22.5. The van der Waals surface area contributed by atoms with Crippen LogP contribution in [0.1, 0.15) is 32.3 Å². The van der Waals surface area contributed by atoms with Crippen molar-refractivity contribution in [3.8, 4) is 11.5 Å². The summed E-state index contributed by atoms with van der Waals surface area (Å²) in [5.41, 5.74) is 0.688. The first-order valence-electron chi connectivity index (χ1n) is 9.57. The number of aliphatic hydroxyl groups is 1. The Balaban J connectivity index is 2.01. The van der Waals surface area contributed by atoms with Gasteiger partial charge in [-0.05, 0) is 23.6 Å². The number of nitrogens with one attached hydrogen (secondary N) is 2. The van der Waals surface area contributed by atoms with Crippen molar-refractivity contribution in [2.24, 2.45) is 5.92 Å². The Morgan fingerprint density at radius 2 is 1.97 bits per heavy atom. The van der Waals surface area contributed by atoms with Crippen LogP contribution in [0.2, 0.25) is 0 Å². The summed E-state index contributed by atoms with van der Waals surface area (Å²) in [4.78, 5) is 38.2. The maximum atomic E-state index is 12.6. The highest BCUT2D eigenvalue weighted by Crippen LogP contribution is 2.28. The lowest BCUT2D eigenvalue weighted by atomic mass is 9.99. The Labute approximate surface area is 170 Å². The zero-order chi connectivity index (χ0) is 21.6. The maximum Gasteiger partial charge on any atom is 0.325 e. The highest BCUT2D eigenvalue weighted by atomic mass is 16.5. The van der Waals surface area contributed by atoms with Gasteiger partial charge in [0.1, 0.15) is 6.04 Å². The lowest BCUT2D eigenvalue weighted by Gasteiger charge is -2.22. The minimum absolute atomic E-state index is 0.0509. The van der Waals surface area contributed by atoms with E-state index in [4.69, 9.17) is 9.47 Å². The van der Waals surface area contributed by atoms with Gasteiger partial charge in [-0.2, -0.15) is 0 Å². The molecule has 0 spiro atoms. The van der Waals surface area contributed by atoms with Crippen LogP contribution in [0.5, 0.6) is 11.5 Å². The number of ether oxygens (including phenoxy) is 2. The van der Waals surface area contributed by atoms with E-state index in [1.807, 2.05) is 13.8 Å². The van der Waals surface area contributed by atoms with Crippen molar-refractivity contribution in [2.45, 2.75) is 45.3 Å². The molecule has 0 saturated carbocycles. The molecule has 0 bridgehead atoms. The minimum Gasteiger partial charge on any atom is -0.493 e. The molecule has 0 aliphatic carbocycles. The van der Waals surface area contributed by atoms with E-state index in [9.17, 15) is 19.5 Å². The van der Waals surface area contributed by atoms with Crippen molar-refractivity contribution in [2.75, 3.05) is 20.8 Å². The molecule has 1 heterocycles. The van der Waals surface area contributed by atoms with Crippen LogP contribution in [-0.4, -0.2) is 60.8 Å². The average Bonchev–Trinajstić information content (AvgIpc) is 2.98. The van der Waals surface area contributed by atoms with Crippen molar-refractivity contribution < 1.29 is 29.0 Å². The third-order valence-electron chi connectivity index (χ3n) is 5.16. The highest BCUT2D eigenvalue weighted by Gasteiger charge is 2.39. The number of amides is 4. The van der Waals surface area contributed by atoms with Gasteiger partial charge < -0.3 is 25.2 Å². The fraction of sp³-hybridized carbons (Fsp3) is 0.550. The third-order valence-corrected chi connectivity index (χ3v) is 5.16. The van der Waals surface area contributed by atoms with Crippen molar-refractivity contribution in [1.29, 1.82) is 0 Å². The van der Waals surface area contributed by atoms with Gasteiger partial charge in [-0.3, -0.25) is 14.5 Å². The van der Waals surface area contributed by atoms with E-state index < -0.39 is 23.9 Å². The predicted molar refractivity (Wildman–Crippen MR) is 106 cm³/mol. The van der Waals surface area contributed by atoms with Gasteiger partial charge in [0.05, 0.1) is 39.8 Å². The molecule has 0 radical (unpaired) electrons. The van der Waals surface area contributed by atoms with Crippen molar-refractivity contribution in [3.63, 3.8) is 0 Å². The second-order valence-corrected chi connectivity index (χ2v) is 7.06. The van der Waals surface area contributed by atoms with E-state index in [-0.39, 0.29) is 31.5 Å². The van der Waals surface area contributed by atoms with E-state index in [0.717, 1.165) is 11.3 Å². The van der Waals surface area contributed by atoms with E-state index in [0.29, 0.717) is 17.1 Å². The molecular weight excluding hydrogens is 378 g/mol. The van der Waals surface area contributed by atoms with Crippen molar-refractivity contribution in [1.82, 2.24) is 15.5 Å². The number of rotatable bonds is 10. The molecule has 4 amide bonds. The first-order chi connectivity index (χ1) is 13.8. The molecule has 3 N–H and O–H groups in total. The zero-order valence-corrected chi connectivity index (χ0v) is 17.2. The van der Waals surface area contributed by atoms with Gasteiger partial charge in [0.25, 0.3) is 5.91 Å². The van der Waals surface area contributed by atoms with Crippen LogP contribution in [0.15, 0.2) is 18.2 Å². The fourth-order valence-corrected chi connectivity index (χ4v) is 3.13. The molecule has 1 aliphatic rings. The Morgan fingerprint density at radius 1 is 1.28 bits per heavy atom. The van der Waals surface area contributed by atoms with Crippen molar-refractivity contribution in [3.05, 3.63) is 23.8 Å². The maximum absolute atomic E-state index is 12.6. The number of benzene rings is 1. The molecule has 9 heteroatoms. The summed E-state index contributed by atoms with van der Waals surface area (Å²) in [6, 6.07) is 3.25. The molecule has 1 fully saturated rings. The minimum atomic E-state index is -0.932. The van der Waals surface area contributed by atoms with Crippen LogP contribution in [0.3, 0.4) is 0 Å². The molecule has 1 unspecified atom stereocenters. The van der Waals surface area contributed by atoms with E-state index in [2.05, 4.69) is 10.6 Å². The molecule has 29 heavy (non-hydrogen) atoms. The van der Waals surface area contributed by atoms with Gasteiger partial charge in [-0.15, -0.1) is 0 Å². The van der Waals surface area contributed by atoms with Crippen LogP contribution in [-0.2, 0) is 16.1 Å². The fourth-order valence-electron chi connectivity index (χ4n) is 3.13. The van der Waals surface area contributed by atoms with E-state index >= 15 is 0 Å². The molecule has 160 valence electrons. The molecule has 3 atom stereocenters. The topological polar surface area (TPSA) is 117 Å². The monoisotopic (exact) mass is 407 g/mol. The summed E-state index contributed by atoms with van der Waals surface area (Å²) in [7, 11) is 3.02.